The van der Waals surface area contributed by atoms with Crippen LogP contribution >= 0.6 is 0 Å². The van der Waals surface area contributed by atoms with Gasteiger partial charge in [-0.25, -0.2) is 0 Å². The predicted octanol–water partition coefficient (Wildman–Crippen LogP) is 8.18. The molecule has 0 heterocycles. The van der Waals surface area contributed by atoms with Crippen molar-refractivity contribution in [2.45, 2.75) is 58.5 Å². The molecule has 0 fully saturated rings. The van der Waals surface area contributed by atoms with Crippen molar-refractivity contribution in [1.29, 1.82) is 0 Å². The Morgan fingerprint density at radius 1 is 0.562 bits per heavy atom. The van der Waals surface area contributed by atoms with Gasteiger partial charge in [-0.05, 0) is 74.5 Å². The minimum atomic E-state index is -4.38. The number of halogens is 3. The summed E-state index contributed by atoms with van der Waals surface area (Å²) in [4.78, 5) is 13.2. The van der Waals surface area contributed by atoms with Crippen LogP contribution in [0.4, 0.5) is 13.2 Å². The summed E-state index contributed by atoms with van der Waals surface area (Å²) in [5.74, 6) is -0.0379. The molecular weight excluding hydrogens is 409 g/mol. The molecule has 0 radical (unpaired) electrons. The third kappa shape index (κ3) is 3.76. The van der Waals surface area contributed by atoms with Crippen molar-refractivity contribution >= 4 is 5.78 Å². The van der Waals surface area contributed by atoms with Gasteiger partial charge < -0.3 is 0 Å². The number of hydrogen-bond acceptors (Lipinski definition) is 1. The van der Waals surface area contributed by atoms with Crippen LogP contribution in [0.3, 0.4) is 0 Å². The zero-order chi connectivity index (χ0) is 23.6. The summed E-state index contributed by atoms with van der Waals surface area (Å²) >= 11 is 0. The number of carbonyl (C=O) groups excluding carboxylic acids is 1. The average molecular weight is 437 g/mol. The average Bonchev–Trinajstić information content (AvgIpc) is 2.96. The SMILES string of the molecule is CC(C)(C)c1ccc2c(c1)-c1cc(C(C)(C)C)c(-c3ccc(C(F)(F)F)cc3)cc1C2=O. The van der Waals surface area contributed by atoms with Crippen LogP contribution in [0.2, 0.25) is 0 Å². The van der Waals surface area contributed by atoms with E-state index in [4.69, 9.17) is 0 Å². The van der Waals surface area contributed by atoms with Gasteiger partial charge in [0.25, 0.3) is 0 Å². The van der Waals surface area contributed by atoms with Crippen molar-refractivity contribution in [2.24, 2.45) is 0 Å². The molecule has 1 aliphatic carbocycles. The van der Waals surface area contributed by atoms with Crippen LogP contribution < -0.4 is 0 Å². The molecule has 0 atom stereocenters. The van der Waals surface area contributed by atoms with Gasteiger partial charge in [-0.3, -0.25) is 4.79 Å². The van der Waals surface area contributed by atoms with Crippen LogP contribution in [0.1, 0.15) is 74.2 Å². The molecule has 1 aliphatic rings. The first-order valence-corrected chi connectivity index (χ1v) is 10.7. The van der Waals surface area contributed by atoms with Crippen LogP contribution in [0, 0.1) is 0 Å². The second-order valence-electron chi connectivity index (χ2n) is 10.6. The first-order chi connectivity index (χ1) is 14.7. The molecule has 0 aliphatic heterocycles. The summed E-state index contributed by atoms with van der Waals surface area (Å²) < 4.78 is 39.1. The summed E-state index contributed by atoms with van der Waals surface area (Å²) in [7, 11) is 0. The Hall–Kier alpha value is -2.88. The highest BCUT2D eigenvalue weighted by Gasteiger charge is 2.33. The number of alkyl halides is 3. The van der Waals surface area contributed by atoms with E-state index in [2.05, 4.69) is 53.7 Å². The Bertz CT molecular complexity index is 1220. The molecule has 166 valence electrons. The van der Waals surface area contributed by atoms with E-state index in [1.165, 1.54) is 12.1 Å². The lowest BCUT2D eigenvalue weighted by atomic mass is 9.79. The van der Waals surface area contributed by atoms with E-state index in [0.717, 1.165) is 39.9 Å². The highest BCUT2D eigenvalue weighted by molar-refractivity contribution is 6.22. The minimum absolute atomic E-state index is 0.0379. The minimum Gasteiger partial charge on any atom is -0.289 e. The molecule has 0 bridgehead atoms. The van der Waals surface area contributed by atoms with Gasteiger partial charge in [0.05, 0.1) is 5.56 Å². The molecule has 0 amide bonds. The number of fused-ring (bicyclic) bond motifs is 3. The van der Waals surface area contributed by atoms with E-state index in [9.17, 15) is 18.0 Å². The molecule has 0 N–H and O–H groups in total. The fraction of sp³-hybridized carbons (Fsp3) is 0.321. The second-order valence-corrected chi connectivity index (χ2v) is 10.6. The van der Waals surface area contributed by atoms with E-state index in [0.29, 0.717) is 16.7 Å². The summed E-state index contributed by atoms with van der Waals surface area (Å²) in [6, 6.07) is 15.1. The summed E-state index contributed by atoms with van der Waals surface area (Å²) in [6.07, 6.45) is -4.38. The maximum absolute atomic E-state index is 13.2. The number of benzene rings is 3. The molecule has 32 heavy (non-hydrogen) atoms. The third-order valence-corrected chi connectivity index (χ3v) is 6.15. The van der Waals surface area contributed by atoms with Crippen molar-refractivity contribution in [3.05, 3.63) is 82.4 Å². The molecule has 0 saturated heterocycles. The maximum atomic E-state index is 13.2. The Kier molecular flexibility index (Phi) is 4.92. The number of rotatable bonds is 1. The van der Waals surface area contributed by atoms with Gasteiger partial charge in [0.1, 0.15) is 0 Å². The third-order valence-electron chi connectivity index (χ3n) is 6.15. The van der Waals surface area contributed by atoms with Crippen LogP contribution in [-0.4, -0.2) is 5.78 Å². The highest BCUT2D eigenvalue weighted by Crippen LogP contribution is 2.45. The van der Waals surface area contributed by atoms with Crippen LogP contribution in [0.5, 0.6) is 0 Å². The number of hydrogen-bond donors (Lipinski definition) is 0. The summed E-state index contributed by atoms with van der Waals surface area (Å²) in [5, 5.41) is 0. The molecular formula is C28H27F3O. The van der Waals surface area contributed by atoms with Crippen molar-refractivity contribution < 1.29 is 18.0 Å². The molecule has 0 saturated carbocycles. The first-order valence-electron chi connectivity index (χ1n) is 10.7. The Labute approximate surface area is 187 Å². The van der Waals surface area contributed by atoms with Crippen LogP contribution in [0.25, 0.3) is 22.3 Å². The monoisotopic (exact) mass is 436 g/mol. The lowest BCUT2D eigenvalue weighted by Gasteiger charge is -2.25. The standard InChI is InChI=1S/C28H27F3O/c1-26(2,3)18-11-12-19-21(13-18)22-15-24(27(4,5)6)20(14-23(22)25(19)32)16-7-9-17(10-8-16)28(29,30)31/h7-15H,1-6H3. The van der Waals surface area contributed by atoms with Crippen molar-refractivity contribution in [3.63, 3.8) is 0 Å². The van der Waals surface area contributed by atoms with E-state index in [1.807, 2.05) is 18.2 Å². The van der Waals surface area contributed by atoms with E-state index in [1.54, 1.807) is 0 Å². The zero-order valence-electron chi connectivity index (χ0n) is 19.2. The van der Waals surface area contributed by atoms with Gasteiger partial charge >= 0.3 is 6.18 Å². The highest BCUT2D eigenvalue weighted by atomic mass is 19.4. The Morgan fingerprint density at radius 2 is 1.12 bits per heavy atom. The smallest absolute Gasteiger partial charge is 0.289 e. The fourth-order valence-electron chi connectivity index (χ4n) is 4.29. The maximum Gasteiger partial charge on any atom is 0.416 e. The van der Waals surface area contributed by atoms with Crippen molar-refractivity contribution in [2.75, 3.05) is 0 Å². The molecule has 0 spiro atoms. The number of ketones is 1. The molecule has 0 aromatic heterocycles. The molecule has 1 nitrogen and oxygen atoms in total. The fourth-order valence-corrected chi connectivity index (χ4v) is 4.29. The Morgan fingerprint density at radius 3 is 1.66 bits per heavy atom. The summed E-state index contributed by atoms with van der Waals surface area (Å²) in [6.45, 7) is 12.6. The number of carbonyl (C=O) groups is 1. The quantitative estimate of drug-likeness (QED) is 0.294. The van der Waals surface area contributed by atoms with Gasteiger partial charge in [-0.2, -0.15) is 13.2 Å². The molecule has 4 heteroatoms. The molecule has 3 aromatic rings. The van der Waals surface area contributed by atoms with E-state index < -0.39 is 11.7 Å². The topological polar surface area (TPSA) is 17.1 Å². The van der Waals surface area contributed by atoms with Gasteiger partial charge in [-0.15, -0.1) is 0 Å². The molecule has 3 aromatic carbocycles. The van der Waals surface area contributed by atoms with Gasteiger partial charge in [0.15, 0.2) is 5.78 Å². The lowest BCUT2D eigenvalue weighted by Crippen LogP contribution is -2.14. The zero-order valence-corrected chi connectivity index (χ0v) is 19.2. The van der Waals surface area contributed by atoms with Gasteiger partial charge in [-0.1, -0.05) is 65.8 Å². The van der Waals surface area contributed by atoms with Crippen LogP contribution in [-0.2, 0) is 17.0 Å². The molecule has 0 unspecified atom stereocenters. The first kappa shape index (κ1) is 22.3. The van der Waals surface area contributed by atoms with Gasteiger partial charge in [0.2, 0.25) is 0 Å². The summed E-state index contributed by atoms with van der Waals surface area (Å²) in [5.41, 5.74) is 5.74. The molecule has 4 rings (SSSR count). The van der Waals surface area contributed by atoms with E-state index >= 15 is 0 Å². The predicted molar refractivity (Wildman–Crippen MR) is 123 cm³/mol. The lowest BCUT2D eigenvalue weighted by molar-refractivity contribution is -0.137. The largest absolute Gasteiger partial charge is 0.416 e. The van der Waals surface area contributed by atoms with E-state index in [-0.39, 0.29) is 16.6 Å². The van der Waals surface area contributed by atoms with Crippen LogP contribution in [0.15, 0.2) is 54.6 Å². The Balaban J connectivity index is 1.93. The van der Waals surface area contributed by atoms with Crippen molar-refractivity contribution in [1.82, 2.24) is 0 Å². The van der Waals surface area contributed by atoms with Gasteiger partial charge in [0, 0.05) is 11.1 Å². The van der Waals surface area contributed by atoms with Crippen molar-refractivity contribution in [3.8, 4) is 22.3 Å². The normalized spacial score (nSPS) is 13.8. The second kappa shape index (κ2) is 7.06.